The topological polar surface area (TPSA) is 21.6 Å². The Morgan fingerprint density at radius 3 is 1.71 bits per heavy atom. The van der Waals surface area contributed by atoms with Crippen LogP contribution in [0.15, 0.2) is 17.6 Å². The summed E-state index contributed by atoms with van der Waals surface area (Å²) in [7, 11) is 0. The fourth-order valence-corrected chi connectivity index (χ4v) is 3.30. The second kappa shape index (κ2) is 13.5. The van der Waals surface area contributed by atoms with E-state index in [0.29, 0.717) is 0 Å². The van der Waals surface area contributed by atoms with Gasteiger partial charge in [-0.3, -0.25) is 0 Å². The molecule has 0 radical (unpaired) electrons. The molecule has 0 N–H and O–H groups in total. The van der Waals surface area contributed by atoms with Crippen molar-refractivity contribution in [3.63, 3.8) is 0 Å². The van der Waals surface area contributed by atoms with E-state index in [1.807, 2.05) is 6.08 Å². The third kappa shape index (κ3) is 11.7. The first-order valence-electron chi connectivity index (χ1n) is 10.5. The van der Waals surface area contributed by atoms with E-state index in [1.54, 1.807) is 0 Å². The van der Waals surface area contributed by atoms with E-state index in [4.69, 9.17) is 4.74 Å². The average Bonchev–Trinajstić information content (AvgIpc) is 2.90. The highest BCUT2D eigenvalue weighted by molar-refractivity contribution is 5.78. The number of unbranched alkanes of at least 4 members (excludes halogenated alkanes) is 13. The molecular weight excluding hydrogens is 294 g/mol. The second-order valence-electron chi connectivity index (χ2n) is 8.03. The highest BCUT2D eigenvalue weighted by atomic mass is 16.5. The second-order valence-corrected chi connectivity index (χ2v) is 8.03. The molecule has 0 bridgehead atoms. The van der Waals surface area contributed by atoms with Crippen molar-refractivity contribution in [3.8, 4) is 0 Å². The molecule has 1 heterocycles. The monoisotopic (exact) mass is 335 g/mol. The van der Waals surface area contributed by atoms with Crippen LogP contribution in [0.1, 0.15) is 110 Å². The molecule has 1 aliphatic rings. The van der Waals surface area contributed by atoms with Crippen LogP contribution in [0.3, 0.4) is 0 Å². The van der Waals surface area contributed by atoms with Crippen LogP contribution in [0.4, 0.5) is 0 Å². The Hall–Kier alpha value is -0.790. The van der Waals surface area contributed by atoms with Crippen LogP contribution in [-0.2, 0) is 4.74 Å². The molecule has 2 nitrogen and oxygen atoms in total. The predicted octanol–water partition coefficient (Wildman–Crippen LogP) is 7.23. The number of rotatable bonds is 16. The molecule has 0 aliphatic carbocycles. The summed E-state index contributed by atoms with van der Waals surface area (Å²) in [6.45, 7) is 8.82. The van der Waals surface area contributed by atoms with Crippen LogP contribution in [0.25, 0.3) is 0 Å². The van der Waals surface area contributed by atoms with Gasteiger partial charge in [0, 0.05) is 6.42 Å². The summed E-state index contributed by atoms with van der Waals surface area (Å²) in [4.78, 5) is 4.61. The molecule has 2 heteroatoms. The largest absolute Gasteiger partial charge is 0.478 e. The lowest BCUT2D eigenvalue weighted by molar-refractivity contribution is 0.273. The van der Waals surface area contributed by atoms with Crippen molar-refractivity contribution in [1.82, 2.24) is 0 Å². The van der Waals surface area contributed by atoms with Crippen LogP contribution < -0.4 is 0 Å². The van der Waals surface area contributed by atoms with E-state index in [2.05, 4.69) is 25.4 Å². The van der Waals surface area contributed by atoms with Gasteiger partial charge in [-0.15, -0.1) is 6.58 Å². The van der Waals surface area contributed by atoms with Crippen molar-refractivity contribution >= 4 is 5.90 Å². The molecule has 1 rings (SSSR count). The lowest BCUT2D eigenvalue weighted by Crippen LogP contribution is -2.17. The van der Waals surface area contributed by atoms with Gasteiger partial charge in [-0.1, -0.05) is 76.7 Å². The van der Waals surface area contributed by atoms with Crippen LogP contribution in [0, 0.1) is 0 Å². The van der Waals surface area contributed by atoms with Crippen molar-refractivity contribution < 1.29 is 4.74 Å². The van der Waals surface area contributed by atoms with Gasteiger partial charge >= 0.3 is 0 Å². The first-order valence-corrected chi connectivity index (χ1v) is 10.5. The molecule has 0 fully saturated rings. The maximum Gasteiger partial charge on any atom is 0.183 e. The molecular formula is C22H41NO. The predicted molar refractivity (Wildman–Crippen MR) is 107 cm³/mol. The van der Waals surface area contributed by atoms with Gasteiger partial charge in [0.25, 0.3) is 0 Å². The standard InChI is InChI=1S/C22H41NO/c1-4-5-6-7-8-9-10-11-12-13-14-15-16-17-18-19-21-23-22(2,3)20-24-21/h4H,1,5-20H2,2-3H3. The number of allylic oxidation sites excluding steroid dienone is 1. The lowest BCUT2D eigenvalue weighted by atomic mass is 10.0. The average molecular weight is 336 g/mol. The van der Waals surface area contributed by atoms with Gasteiger partial charge < -0.3 is 4.74 Å². The van der Waals surface area contributed by atoms with E-state index in [1.165, 1.54) is 89.9 Å². The first kappa shape index (κ1) is 21.3. The first-order chi connectivity index (χ1) is 11.6. The fourth-order valence-electron chi connectivity index (χ4n) is 3.30. The SMILES string of the molecule is C=CCCCCCCCCCCCCCCCC1=NC(C)(C)CO1. The summed E-state index contributed by atoms with van der Waals surface area (Å²) in [5, 5.41) is 0. The Balaban J connectivity index is 1.74. The molecule has 0 atom stereocenters. The number of aliphatic imine (C=N–C) groups is 1. The zero-order valence-corrected chi connectivity index (χ0v) is 16.5. The van der Waals surface area contributed by atoms with E-state index in [-0.39, 0.29) is 5.54 Å². The Bertz CT molecular complexity index is 346. The minimum absolute atomic E-state index is 0.0148. The molecule has 0 saturated carbocycles. The quantitative estimate of drug-likeness (QED) is 0.215. The van der Waals surface area contributed by atoms with Crippen LogP contribution in [-0.4, -0.2) is 18.0 Å². The Labute approximate surface area is 151 Å². The molecule has 0 amide bonds. The highest BCUT2D eigenvalue weighted by Gasteiger charge is 2.25. The van der Waals surface area contributed by atoms with Crippen molar-refractivity contribution in [2.75, 3.05) is 6.61 Å². The van der Waals surface area contributed by atoms with Crippen LogP contribution >= 0.6 is 0 Å². The summed E-state index contributed by atoms with van der Waals surface area (Å²) >= 11 is 0. The maximum atomic E-state index is 5.63. The fraction of sp³-hybridized carbons (Fsp3) is 0.864. The molecule has 0 saturated heterocycles. The van der Waals surface area contributed by atoms with Crippen molar-refractivity contribution in [2.45, 2.75) is 116 Å². The third-order valence-corrected chi connectivity index (χ3v) is 4.82. The highest BCUT2D eigenvalue weighted by Crippen LogP contribution is 2.20. The minimum Gasteiger partial charge on any atom is -0.478 e. The lowest BCUT2D eigenvalue weighted by Gasteiger charge is -2.07. The van der Waals surface area contributed by atoms with Crippen molar-refractivity contribution in [2.24, 2.45) is 4.99 Å². The smallest absolute Gasteiger partial charge is 0.183 e. The normalized spacial score (nSPS) is 16.0. The summed E-state index contributed by atoms with van der Waals surface area (Å²) in [6.07, 6.45) is 22.3. The van der Waals surface area contributed by atoms with Gasteiger partial charge in [0.1, 0.15) is 6.61 Å². The van der Waals surface area contributed by atoms with Gasteiger partial charge in [0.05, 0.1) is 5.54 Å². The Morgan fingerprint density at radius 1 is 0.833 bits per heavy atom. The van der Waals surface area contributed by atoms with Gasteiger partial charge in [-0.05, 0) is 33.1 Å². The summed E-state index contributed by atoms with van der Waals surface area (Å²) in [5.74, 6) is 0.990. The molecule has 0 aromatic heterocycles. The van der Waals surface area contributed by atoms with Gasteiger partial charge in [-0.2, -0.15) is 0 Å². The third-order valence-electron chi connectivity index (χ3n) is 4.82. The van der Waals surface area contributed by atoms with Crippen molar-refractivity contribution in [3.05, 3.63) is 12.7 Å². The molecule has 0 unspecified atom stereocenters. The van der Waals surface area contributed by atoms with E-state index < -0.39 is 0 Å². The van der Waals surface area contributed by atoms with E-state index in [0.717, 1.165) is 18.9 Å². The minimum atomic E-state index is 0.0148. The van der Waals surface area contributed by atoms with Gasteiger partial charge in [0.15, 0.2) is 5.90 Å². The van der Waals surface area contributed by atoms with Crippen LogP contribution in [0.2, 0.25) is 0 Å². The summed E-state index contributed by atoms with van der Waals surface area (Å²) in [5.41, 5.74) is 0.0148. The number of hydrogen-bond acceptors (Lipinski definition) is 2. The van der Waals surface area contributed by atoms with Crippen molar-refractivity contribution in [1.29, 1.82) is 0 Å². The summed E-state index contributed by atoms with van der Waals surface area (Å²) in [6, 6.07) is 0. The van der Waals surface area contributed by atoms with Gasteiger partial charge in [-0.25, -0.2) is 4.99 Å². The zero-order valence-electron chi connectivity index (χ0n) is 16.5. The summed E-state index contributed by atoms with van der Waals surface area (Å²) < 4.78 is 5.63. The van der Waals surface area contributed by atoms with Gasteiger partial charge in [0.2, 0.25) is 0 Å². The zero-order chi connectivity index (χ0) is 17.5. The molecule has 0 spiro atoms. The number of hydrogen-bond donors (Lipinski definition) is 0. The molecule has 140 valence electrons. The molecule has 24 heavy (non-hydrogen) atoms. The molecule has 1 aliphatic heterocycles. The Morgan fingerprint density at radius 2 is 1.29 bits per heavy atom. The number of nitrogens with zero attached hydrogens (tertiary/aromatic N) is 1. The number of ether oxygens (including phenoxy) is 1. The van der Waals surface area contributed by atoms with E-state index in [9.17, 15) is 0 Å². The van der Waals surface area contributed by atoms with Crippen LogP contribution in [0.5, 0.6) is 0 Å². The maximum absolute atomic E-state index is 5.63. The van der Waals surface area contributed by atoms with E-state index >= 15 is 0 Å². The molecule has 0 aromatic carbocycles. The Kier molecular flexibility index (Phi) is 12.0. The molecule has 0 aromatic rings.